The van der Waals surface area contributed by atoms with Gasteiger partial charge >= 0.3 is 0 Å². The van der Waals surface area contributed by atoms with E-state index in [1.54, 1.807) is 0 Å². The van der Waals surface area contributed by atoms with Gasteiger partial charge in [0.15, 0.2) is 0 Å². The van der Waals surface area contributed by atoms with Gasteiger partial charge in [0.1, 0.15) is 0 Å². The Hall–Kier alpha value is -0.360. The number of hydrogen-bond acceptors (Lipinski definition) is 9. The molecule has 9 nitrogen and oxygen atoms in total. The minimum Gasteiger partial charge on any atom is -0.396 e. The maximum atomic E-state index is 9.30. The van der Waals surface area contributed by atoms with Crippen LogP contribution in [-0.4, -0.2) is 105 Å². The zero-order chi connectivity index (χ0) is 22.3. The smallest absolute Gasteiger partial charge is 0.0534 e. The van der Waals surface area contributed by atoms with Crippen LogP contribution in [0, 0.1) is 22.2 Å². The van der Waals surface area contributed by atoms with Crippen LogP contribution < -0.4 is 0 Å². The van der Waals surface area contributed by atoms with Crippen LogP contribution in [0.4, 0.5) is 0 Å². The van der Waals surface area contributed by atoms with Gasteiger partial charge in [0, 0.05) is 16.2 Å². The molecule has 9 heteroatoms. The standard InChI is InChI=1S/C13H28O6.C6H14O3/c1-11(13(8-17,9-18)10-19)3-2-4-12(5-14,6-15)7-16;1-2-6(3-7,4-8)5-9/h11,14-19H,2-10H2,1H3;7-9H,2-5H2,1H3. The van der Waals surface area contributed by atoms with Gasteiger partial charge in [0.25, 0.3) is 0 Å². The molecule has 0 heterocycles. The van der Waals surface area contributed by atoms with Crippen LogP contribution in [0.2, 0.25) is 0 Å². The minimum absolute atomic E-state index is 0.110. The Kier molecular flexibility index (Phi) is 16.5. The van der Waals surface area contributed by atoms with Crippen LogP contribution in [0.15, 0.2) is 0 Å². The molecular formula is C19H42O9. The molecule has 0 aliphatic rings. The van der Waals surface area contributed by atoms with E-state index in [0.717, 1.165) is 0 Å². The maximum absolute atomic E-state index is 9.30. The third-order valence-corrected chi connectivity index (χ3v) is 6.10. The SMILES string of the molecule is CC(CCCC(CO)(CO)CO)C(CO)(CO)CO.CCC(CO)(CO)CO. The van der Waals surface area contributed by atoms with E-state index in [4.69, 9.17) is 15.3 Å². The zero-order valence-electron chi connectivity index (χ0n) is 17.3. The van der Waals surface area contributed by atoms with Crippen LogP contribution in [-0.2, 0) is 0 Å². The zero-order valence-corrected chi connectivity index (χ0v) is 17.3. The predicted octanol–water partition coefficient (Wildman–Crippen LogP) is -1.92. The van der Waals surface area contributed by atoms with Gasteiger partial charge in [-0.1, -0.05) is 20.3 Å². The molecule has 9 N–H and O–H groups in total. The monoisotopic (exact) mass is 414 g/mol. The lowest BCUT2D eigenvalue weighted by Gasteiger charge is -2.35. The topological polar surface area (TPSA) is 182 Å². The lowest BCUT2D eigenvalue weighted by molar-refractivity contribution is -0.0403. The first-order valence-corrected chi connectivity index (χ1v) is 9.72. The highest BCUT2D eigenvalue weighted by atomic mass is 16.3. The summed E-state index contributed by atoms with van der Waals surface area (Å²) in [7, 11) is 0. The molecule has 0 saturated carbocycles. The van der Waals surface area contributed by atoms with Gasteiger partial charge in [0.05, 0.1) is 59.5 Å². The van der Waals surface area contributed by atoms with Crippen molar-refractivity contribution >= 4 is 0 Å². The Morgan fingerprint density at radius 2 is 0.929 bits per heavy atom. The van der Waals surface area contributed by atoms with Crippen molar-refractivity contribution in [2.45, 2.75) is 39.5 Å². The first-order valence-electron chi connectivity index (χ1n) is 9.72. The molecule has 0 spiro atoms. The maximum Gasteiger partial charge on any atom is 0.0534 e. The average Bonchev–Trinajstić information content (AvgIpc) is 2.76. The second-order valence-corrected chi connectivity index (χ2v) is 7.93. The van der Waals surface area contributed by atoms with Crippen molar-refractivity contribution in [3.8, 4) is 0 Å². The number of aliphatic hydroxyl groups is 9. The van der Waals surface area contributed by atoms with Gasteiger partial charge in [-0.05, 0) is 25.2 Å². The molecule has 172 valence electrons. The Labute approximate surface area is 167 Å². The molecule has 0 aromatic heterocycles. The second kappa shape index (κ2) is 15.5. The van der Waals surface area contributed by atoms with Crippen molar-refractivity contribution in [3.05, 3.63) is 0 Å². The van der Waals surface area contributed by atoms with Crippen LogP contribution in [0.3, 0.4) is 0 Å². The Morgan fingerprint density at radius 3 is 1.14 bits per heavy atom. The molecule has 0 rings (SSSR count). The molecule has 1 unspecified atom stereocenters. The summed E-state index contributed by atoms with van der Waals surface area (Å²) >= 11 is 0. The number of aliphatic hydroxyl groups excluding tert-OH is 9. The van der Waals surface area contributed by atoms with Crippen molar-refractivity contribution < 1.29 is 46.0 Å². The highest BCUT2D eigenvalue weighted by Crippen LogP contribution is 2.32. The van der Waals surface area contributed by atoms with E-state index in [0.29, 0.717) is 25.7 Å². The fourth-order valence-electron chi connectivity index (χ4n) is 2.58. The van der Waals surface area contributed by atoms with Gasteiger partial charge in [-0.3, -0.25) is 0 Å². The van der Waals surface area contributed by atoms with Gasteiger partial charge in [-0.25, -0.2) is 0 Å². The van der Waals surface area contributed by atoms with E-state index in [1.807, 2.05) is 13.8 Å². The van der Waals surface area contributed by atoms with E-state index in [-0.39, 0.29) is 65.4 Å². The summed E-state index contributed by atoms with van der Waals surface area (Å²) in [6, 6.07) is 0. The molecule has 0 amide bonds. The van der Waals surface area contributed by atoms with Crippen LogP contribution in [0.1, 0.15) is 39.5 Å². The Balaban J connectivity index is 0. The fraction of sp³-hybridized carbons (Fsp3) is 1.00. The first kappa shape index (κ1) is 29.8. The van der Waals surface area contributed by atoms with Crippen molar-refractivity contribution in [2.24, 2.45) is 22.2 Å². The van der Waals surface area contributed by atoms with Gasteiger partial charge in [-0.15, -0.1) is 0 Å². The van der Waals surface area contributed by atoms with E-state index < -0.39 is 16.2 Å². The highest BCUT2D eigenvalue weighted by Gasteiger charge is 2.35. The predicted molar refractivity (Wildman–Crippen MR) is 104 cm³/mol. The normalized spacial score (nSPS) is 13.8. The average molecular weight is 415 g/mol. The first-order chi connectivity index (χ1) is 13.2. The highest BCUT2D eigenvalue weighted by molar-refractivity contribution is 4.84. The van der Waals surface area contributed by atoms with E-state index in [9.17, 15) is 30.6 Å². The summed E-state index contributed by atoms with van der Waals surface area (Å²) in [6.07, 6.45) is 2.27. The quantitative estimate of drug-likeness (QED) is 0.147. The molecule has 0 radical (unpaired) electrons. The van der Waals surface area contributed by atoms with Gasteiger partial charge in [-0.2, -0.15) is 0 Å². The lowest BCUT2D eigenvalue weighted by Crippen LogP contribution is -2.40. The van der Waals surface area contributed by atoms with Crippen molar-refractivity contribution in [2.75, 3.05) is 59.5 Å². The van der Waals surface area contributed by atoms with E-state index in [2.05, 4.69) is 0 Å². The number of hydrogen-bond donors (Lipinski definition) is 9. The summed E-state index contributed by atoms with van der Waals surface area (Å²) in [5.74, 6) is -0.110. The third-order valence-electron chi connectivity index (χ3n) is 6.10. The molecule has 0 fully saturated rings. The molecule has 0 aromatic rings. The largest absolute Gasteiger partial charge is 0.396 e. The van der Waals surface area contributed by atoms with Crippen LogP contribution >= 0.6 is 0 Å². The van der Waals surface area contributed by atoms with Gasteiger partial charge < -0.3 is 46.0 Å². The number of rotatable bonds is 15. The lowest BCUT2D eigenvalue weighted by atomic mass is 9.74. The molecule has 28 heavy (non-hydrogen) atoms. The molecule has 0 bridgehead atoms. The molecule has 0 aliphatic heterocycles. The van der Waals surface area contributed by atoms with Gasteiger partial charge in [0.2, 0.25) is 0 Å². The van der Waals surface area contributed by atoms with Crippen molar-refractivity contribution in [3.63, 3.8) is 0 Å². The summed E-state index contributed by atoms with van der Waals surface area (Å²) in [5.41, 5.74) is -2.47. The Bertz CT molecular complexity index is 319. The summed E-state index contributed by atoms with van der Waals surface area (Å²) in [4.78, 5) is 0. The molecular weight excluding hydrogens is 372 g/mol. The van der Waals surface area contributed by atoms with Crippen LogP contribution in [0.5, 0.6) is 0 Å². The van der Waals surface area contributed by atoms with E-state index >= 15 is 0 Å². The fourth-order valence-corrected chi connectivity index (χ4v) is 2.58. The molecule has 1 atom stereocenters. The van der Waals surface area contributed by atoms with Crippen LogP contribution in [0.25, 0.3) is 0 Å². The van der Waals surface area contributed by atoms with E-state index in [1.165, 1.54) is 0 Å². The van der Waals surface area contributed by atoms with Crippen molar-refractivity contribution in [1.82, 2.24) is 0 Å². The molecule has 0 aliphatic carbocycles. The summed E-state index contributed by atoms with van der Waals surface area (Å²) in [6.45, 7) is 1.41. The second-order valence-electron chi connectivity index (χ2n) is 7.93. The molecule has 0 saturated heterocycles. The van der Waals surface area contributed by atoms with Crippen molar-refractivity contribution in [1.29, 1.82) is 0 Å². The minimum atomic E-state index is -0.916. The molecule has 0 aromatic carbocycles. The third kappa shape index (κ3) is 8.56. The Morgan fingerprint density at radius 1 is 0.571 bits per heavy atom. The summed E-state index contributed by atoms with van der Waals surface area (Å²) in [5, 5.41) is 81.5. The summed E-state index contributed by atoms with van der Waals surface area (Å²) < 4.78 is 0.